The largest absolute Gasteiger partial charge is 0.293 e. The van der Waals surface area contributed by atoms with Gasteiger partial charge in [-0.1, -0.05) is 6.42 Å². The Morgan fingerprint density at radius 1 is 1.43 bits per heavy atom. The van der Waals surface area contributed by atoms with Gasteiger partial charge in [-0.15, -0.1) is 0 Å². The monoisotopic (exact) mass is 190 g/mol. The Labute approximate surface area is 83.1 Å². The van der Waals surface area contributed by atoms with Gasteiger partial charge in [0.2, 0.25) is 0 Å². The SMILES string of the molecule is Cn1ncc2c1CCC1(CCC1)C2=O. The van der Waals surface area contributed by atoms with E-state index in [1.807, 2.05) is 11.7 Å². The molecule has 1 spiro atoms. The van der Waals surface area contributed by atoms with Crippen molar-refractivity contribution in [2.45, 2.75) is 32.1 Å². The third-order valence-corrected chi connectivity index (χ3v) is 3.94. The van der Waals surface area contributed by atoms with Crippen LogP contribution in [0.15, 0.2) is 6.20 Å². The van der Waals surface area contributed by atoms with E-state index in [0.717, 1.165) is 36.9 Å². The van der Waals surface area contributed by atoms with E-state index in [0.29, 0.717) is 5.78 Å². The number of nitrogens with zero attached hydrogens (tertiary/aromatic N) is 2. The van der Waals surface area contributed by atoms with Gasteiger partial charge in [0.05, 0.1) is 11.8 Å². The van der Waals surface area contributed by atoms with E-state index in [1.54, 1.807) is 6.20 Å². The molecule has 3 heteroatoms. The molecule has 0 saturated heterocycles. The molecular formula is C11H14N2O. The average molecular weight is 190 g/mol. The van der Waals surface area contributed by atoms with Crippen LogP contribution in [0.4, 0.5) is 0 Å². The first-order valence-electron chi connectivity index (χ1n) is 5.29. The van der Waals surface area contributed by atoms with E-state index in [1.165, 1.54) is 6.42 Å². The summed E-state index contributed by atoms with van der Waals surface area (Å²) in [6.45, 7) is 0. The van der Waals surface area contributed by atoms with Gasteiger partial charge in [-0.2, -0.15) is 5.10 Å². The van der Waals surface area contributed by atoms with E-state index in [2.05, 4.69) is 5.10 Å². The van der Waals surface area contributed by atoms with Crippen LogP contribution in [0, 0.1) is 5.41 Å². The van der Waals surface area contributed by atoms with Crippen molar-refractivity contribution in [1.82, 2.24) is 9.78 Å². The molecular weight excluding hydrogens is 176 g/mol. The topological polar surface area (TPSA) is 34.9 Å². The molecule has 0 aromatic carbocycles. The second-order valence-corrected chi connectivity index (χ2v) is 4.59. The van der Waals surface area contributed by atoms with Crippen molar-refractivity contribution >= 4 is 5.78 Å². The molecule has 0 radical (unpaired) electrons. The Morgan fingerprint density at radius 2 is 2.21 bits per heavy atom. The second kappa shape index (κ2) is 2.47. The molecule has 2 aliphatic rings. The van der Waals surface area contributed by atoms with Crippen LogP contribution in [0.2, 0.25) is 0 Å². The average Bonchev–Trinajstić information content (AvgIpc) is 2.47. The van der Waals surface area contributed by atoms with Crippen LogP contribution >= 0.6 is 0 Å². The van der Waals surface area contributed by atoms with Gasteiger partial charge in [-0.3, -0.25) is 9.48 Å². The van der Waals surface area contributed by atoms with E-state index in [4.69, 9.17) is 0 Å². The molecule has 3 rings (SSSR count). The van der Waals surface area contributed by atoms with Crippen LogP contribution < -0.4 is 0 Å². The first kappa shape index (κ1) is 8.21. The van der Waals surface area contributed by atoms with Crippen molar-refractivity contribution in [2.75, 3.05) is 0 Å². The predicted molar refractivity (Wildman–Crippen MR) is 52.1 cm³/mol. The lowest BCUT2D eigenvalue weighted by Gasteiger charge is -2.42. The minimum Gasteiger partial charge on any atom is -0.293 e. The molecule has 0 amide bonds. The number of hydrogen-bond acceptors (Lipinski definition) is 2. The second-order valence-electron chi connectivity index (χ2n) is 4.59. The highest BCUT2D eigenvalue weighted by molar-refractivity contribution is 6.02. The van der Waals surface area contributed by atoms with Gasteiger partial charge in [0.15, 0.2) is 5.78 Å². The zero-order valence-electron chi connectivity index (χ0n) is 8.42. The molecule has 1 aromatic heterocycles. The van der Waals surface area contributed by atoms with Gasteiger partial charge in [0.25, 0.3) is 0 Å². The Bertz CT molecular complexity index is 401. The summed E-state index contributed by atoms with van der Waals surface area (Å²) >= 11 is 0. The fourth-order valence-electron chi connectivity index (χ4n) is 2.79. The van der Waals surface area contributed by atoms with Gasteiger partial charge in [0.1, 0.15) is 0 Å². The molecule has 0 unspecified atom stereocenters. The maximum atomic E-state index is 12.2. The maximum absolute atomic E-state index is 12.2. The van der Waals surface area contributed by atoms with Gasteiger partial charge in [-0.05, 0) is 25.7 Å². The Balaban J connectivity index is 2.08. The third-order valence-electron chi connectivity index (χ3n) is 3.94. The lowest BCUT2D eigenvalue weighted by Crippen LogP contribution is -2.41. The number of Topliss-reactive ketones (excluding diaryl/α,β-unsaturated/α-hetero) is 1. The number of fused-ring (bicyclic) bond motifs is 1. The predicted octanol–water partition coefficient (Wildman–Crippen LogP) is 1.72. The molecule has 0 N–H and O–H groups in total. The Kier molecular flexibility index (Phi) is 1.45. The van der Waals surface area contributed by atoms with Crippen LogP contribution in [-0.2, 0) is 13.5 Å². The van der Waals surface area contributed by atoms with Crippen LogP contribution in [0.3, 0.4) is 0 Å². The van der Waals surface area contributed by atoms with Crippen molar-refractivity contribution in [1.29, 1.82) is 0 Å². The number of rotatable bonds is 0. The summed E-state index contributed by atoms with van der Waals surface area (Å²) in [4.78, 5) is 12.2. The molecule has 0 atom stereocenters. The quantitative estimate of drug-likeness (QED) is 0.624. The van der Waals surface area contributed by atoms with Crippen LogP contribution in [0.1, 0.15) is 41.7 Å². The van der Waals surface area contributed by atoms with E-state index in [-0.39, 0.29) is 5.41 Å². The maximum Gasteiger partial charge on any atom is 0.172 e. The normalized spacial score (nSPS) is 23.4. The summed E-state index contributed by atoms with van der Waals surface area (Å²) in [5.74, 6) is 0.359. The van der Waals surface area contributed by atoms with Crippen molar-refractivity contribution in [3.8, 4) is 0 Å². The molecule has 1 aromatic rings. The lowest BCUT2D eigenvalue weighted by atomic mass is 9.60. The van der Waals surface area contributed by atoms with E-state index < -0.39 is 0 Å². The number of carbonyl (C=O) groups is 1. The summed E-state index contributed by atoms with van der Waals surface area (Å²) in [6.07, 6.45) is 7.23. The number of carbonyl (C=O) groups excluding carboxylic acids is 1. The van der Waals surface area contributed by atoms with Crippen molar-refractivity contribution in [3.05, 3.63) is 17.5 Å². The highest BCUT2D eigenvalue weighted by atomic mass is 16.1. The Morgan fingerprint density at radius 3 is 2.86 bits per heavy atom. The molecule has 3 nitrogen and oxygen atoms in total. The first-order chi connectivity index (χ1) is 6.73. The Hall–Kier alpha value is -1.12. The van der Waals surface area contributed by atoms with Gasteiger partial charge >= 0.3 is 0 Å². The molecule has 1 saturated carbocycles. The third kappa shape index (κ3) is 0.825. The number of aromatic nitrogens is 2. The number of aryl methyl sites for hydroxylation is 1. The number of hydrogen-bond donors (Lipinski definition) is 0. The molecule has 2 aliphatic carbocycles. The van der Waals surface area contributed by atoms with Gasteiger partial charge in [-0.25, -0.2) is 0 Å². The smallest absolute Gasteiger partial charge is 0.172 e. The zero-order chi connectivity index (χ0) is 9.76. The minimum atomic E-state index is 0.0238. The van der Waals surface area contributed by atoms with Crippen molar-refractivity contribution in [2.24, 2.45) is 12.5 Å². The highest BCUT2D eigenvalue weighted by Crippen LogP contribution is 2.49. The molecule has 1 fully saturated rings. The zero-order valence-corrected chi connectivity index (χ0v) is 8.42. The van der Waals surface area contributed by atoms with Crippen molar-refractivity contribution in [3.63, 3.8) is 0 Å². The summed E-state index contributed by atoms with van der Waals surface area (Å²) in [5, 5.41) is 4.17. The molecule has 74 valence electrons. The fourth-order valence-corrected chi connectivity index (χ4v) is 2.79. The molecule has 14 heavy (non-hydrogen) atoms. The van der Waals surface area contributed by atoms with Gasteiger partial charge < -0.3 is 0 Å². The summed E-state index contributed by atoms with van der Waals surface area (Å²) < 4.78 is 1.85. The molecule has 0 aliphatic heterocycles. The number of ketones is 1. The standard InChI is InChI=1S/C11H14N2O/c1-13-9-3-6-11(4-2-5-11)10(14)8(9)7-12-13/h7H,2-6H2,1H3. The lowest BCUT2D eigenvalue weighted by molar-refractivity contribution is 0.0552. The summed E-state index contributed by atoms with van der Waals surface area (Å²) in [5.41, 5.74) is 2.04. The van der Waals surface area contributed by atoms with Crippen LogP contribution in [0.25, 0.3) is 0 Å². The van der Waals surface area contributed by atoms with Crippen LogP contribution in [0.5, 0.6) is 0 Å². The first-order valence-corrected chi connectivity index (χ1v) is 5.29. The van der Waals surface area contributed by atoms with Gasteiger partial charge in [0, 0.05) is 18.2 Å². The summed E-state index contributed by atoms with van der Waals surface area (Å²) in [7, 11) is 1.92. The minimum absolute atomic E-state index is 0.0238. The fraction of sp³-hybridized carbons (Fsp3) is 0.636. The highest BCUT2D eigenvalue weighted by Gasteiger charge is 2.47. The molecule has 0 bridgehead atoms. The van der Waals surface area contributed by atoms with Crippen molar-refractivity contribution < 1.29 is 4.79 Å². The van der Waals surface area contributed by atoms with Crippen LogP contribution in [-0.4, -0.2) is 15.6 Å². The molecule has 1 heterocycles. The van der Waals surface area contributed by atoms with E-state index in [9.17, 15) is 4.79 Å². The summed E-state index contributed by atoms with van der Waals surface area (Å²) in [6, 6.07) is 0. The van der Waals surface area contributed by atoms with E-state index >= 15 is 0 Å².